The van der Waals surface area contributed by atoms with Crippen molar-refractivity contribution in [2.24, 2.45) is 0 Å². The Morgan fingerprint density at radius 2 is 1.55 bits per heavy atom. The molecule has 2 amide bonds. The van der Waals surface area contributed by atoms with E-state index in [9.17, 15) is 14.4 Å². The second-order valence-corrected chi connectivity index (χ2v) is 10.4. The van der Waals surface area contributed by atoms with Crippen molar-refractivity contribution in [3.05, 3.63) is 114 Å². The lowest BCUT2D eigenvalue weighted by molar-refractivity contribution is 0.0580. The topological polar surface area (TPSA) is 88.6 Å². The zero-order valence-electron chi connectivity index (χ0n) is 23.2. The molecule has 0 saturated carbocycles. The quantitative estimate of drug-likeness (QED) is 0.241. The third-order valence-electron chi connectivity index (χ3n) is 6.12. The van der Waals surface area contributed by atoms with Crippen LogP contribution in [0.3, 0.4) is 0 Å². The van der Waals surface area contributed by atoms with Crippen LogP contribution < -0.4 is 10.2 Å². The Bertz CT molecular complexity index is 1490. The number of hydrogen-bond acceptors (Lipinski definition) is 5. The summed E-state index contributed by atoms with van der Waals surface area (Å²) in [4.78, 5) is 44.0. The molecule has 40 heavy (non-hydrogen) atoms. The molecular formula is C33H33N3O4. The highest BCUT2D eigenvalue weighted by molar-refractivity contribution is 6.08. The molecule has 0 aliphatic rings. The van der Waals surface area contributed by atoms with Crippen molar-refractivity contribution in [3.63, 3.8) is 0 Å². The molecule has 1 N–H and O–H groups in total. The van der Waals surface area contributed by atoms with E-state index in [2.05, 4.69) is 10.3 Å². The summed E-state index contributed by atoms with van der Waals surface area (Å²) in [6, 6.07) is 27.4. The number of ketones is 1. The van der Waals surface area contributed by atoms with E-state index in [1.54, 1.807) is 41.4 Å². The Labute approximate surface area is 234 Å². The first kappa shape index (κ1) is 28.2. The number of nitrogens with one attached hydrogen (secondary N) is 1. The van der Waals surface area contributed by atoms with E-state index in [-0.39, 0.29) is 11.7 Å². The molecule has 0 aliphatic heterocycles. The molecule has 0 unspecified atom stereocenters. The van der Waals surface area contributed by atoms with Crippen LogP contribution in [0.15, 0.2) is 97.2 Å². The number of ether oxygens (including phenoxy) is 1. The molecule has 0 spiro atoms. The number of nitrogens with zero attached hydrogens (tertiary/aromatic N) is 2. The molecule has 7 heteroatoms. The van der Waals surface area contributed by atoms with Crippen molar-refractivity contribution >= 4 is 29.2 Å². The Morgan fingerprint density at radius 3 is 2.23 bits per heavy atom. The van der Waals surface area contributed by atoms with Gasteiger partial charge >= 0.3 is 6.09 Å². The predicted octanol–water partition coefficient (Wildman–Crippen LogP) is 7.19. The van der Waals surface area contributed by atoms with Gasteiger partial charge in [-0.05, 0) is 69.2 Å². The lowest BCUT2D eigenvalue weighted by Gasteiger charge is -2.27. The highest BCUT2D eigenvalue weighted by Gasteiger charge is 2.23. The Hall–Kier alpha value is -4.78. The van der Waals surface area contributed by atoms with Crippen LogP contribution >= 0.6 is 0 Å². The van der Waals surface area contributed by atoms with Crippen LogP contribution in [-0.2, 0) is 11.2 Å². The largest absolute Gasteiger partial charge is 0.443 e. The fourth-order valence-electron chi connectivity index (χ4n) is 4.19. The summed E-state index contributed by atoms with van der Waals surface area (Å²) >= 11 is 0. The first-order valence-corrected chi connectivity index (χ1v) is 13.1. The number of aromatic nitrogens is 1. The van der Waals surface area contributed by atoms with E-state index in [0.29, 0.717) is 29.8 Å². The van der Waals surface area contributed by atoms with Crippen molar-refractivity contribution in [3.8, 4) is 11.1 Å². The van der Waals surface area contributed by atoms with Crippen LogP contribution in [0.5, 0.6) is 0 Å². The van der Waals surface area contributed by atoms with Crippen LogP contribution in [0.2, 0.25) is 0 Å². The van der Waals surface area contributed by atoms with Gasteiger partial charge in [-0.1, -0.05) is 60.7 Å². The number of rotatable bonds is 8. The SMILES string of the molecule is CC(=O)c1ccc(-c2ccccc2C(=O)Nc2ccnc(CCN(C(=O)OC(C)(C)C)c3ccccc3)c2)cc1. The van der Waals surface area contributed by atoms with Crippen LogP contribution in [0.1, 0.15) is 54.1 Å². The number of carbonyl (C=O) groups is 3. The van der Waals surface area contributed by atoms with Gasteiger partial charge in [0.15, 0.2) is 5.78 Å². The van der Waals surface area contributed by atoms with Gasteiger partial charge in [0.2, 0.25) is 0 Å². The number of Topliss-reactive ketones (excluding diaryl/α,β-unsaturated/α-hetero) is 1. The maximum absolute atomic E-state index is 13.3. The fraction of sp³-hybridized carbons (Fsp3) is 0.212. The van der Waals surface area contributed by atoms with Crippen LogP contribution in [0.4, 0.5) is 16.2 Å². The molecule has 1 aromatic heterocycles. The highest BCUT2D eigenvalue weighted by Crippen LogP contribution is 2.25. The monoisotopic (exact) mass is 535 g/mol. The van der Waals surface area contributed by atoms with E-state index < -0.39 is 11.7 Å². The van der Waals surface area contributed by atoms with Gasteiger partial charge in [-0.3, -0.25) is 19.5 Å². The molecule has 0 saturated heterocycles. The number of anilines is 2. The number of benzene rings is 3. The molecule has 7 nitrogen and oxygen atoms in total. The fourth-order valence-corrected chi connectivity index (χ4v) is 4.19. The maximum atomic E-state index is 13.3. The predicted molar refractivity (Wildman–Crippen MR) is 158 cm³/mol. The number of pyridine rings is 1. The summed E-state index contributed by atoms with van der Waals surface area (Å²) in [6.45, 7) is 7.38. The standard InChI is InChI=1S/C33H33N3O4/c1-23(37)24-14-16-25(17-15-24)29-12-8-9-13-30(29)31(38)35-27-18-20-34-26(22-27)19-21-36(28-10-6-5-7-11-28)32(39)40-33(2,3)4/h5-18,20,22H,19,21H2,1-4H3,(H,34,35,38). The van der Waals surface area contributed by atoms with E-state index in [0.717, 1.165) is 22.5 Å². The molecule has 0 atom stereocenters. The van der Waals surface area contributed by atoms with Gasteiger partial charge in [0.1, 0.15) is 5.60 Å². The Balaban J connectivity index is 1.49. The number of para-hydroxylation sites is 1. The molecule has 204 valence electrons. The Kier molecular flexibility index (Phi) is 8.74. The summed E-state index contributed by atoms with van der Waals surface area (Å²) in [5.74, 6) is -0.271. The minimum absolute atomic E-state index is 0.0101. The van der Waals surface area contributed by atoms with Gasteiger partial charge in [-0.2, -0.15) is 0 Å². The van der Waals surface area contributed by atoms with Gasteiger partial charge in [-0.15, -0.1) is 0 Å². The van der Waals surface area contributed by atoms with E-state index in [4.69, 9.17) is 4.74 Å². The van der Waals surface area contributed by atoms with Crippen molar-refractivity contribution < 1.29 is 19.1 Å². The molecule has 0 aliphatic carbocycles. The van der Waals surface area contributed by atoms with E-state index in [1.807, 2.05) is 81.4 Å². The number of amides is 2. The van der Waals surface area contributed by atoms with Crippen molar-refractivity contribution in [2.75, 3.05) is 16.8 Å². The van der Waals surface area contributed by atoms with Gasteiger partial charge < -0.3 is 10.1 Å². The Morgan fingerprint density at radius 1 is 0.875 bits per heavy atom. The normalized spacial score (nSPS) is 11.0. The number of carbonyl (C=O) groups excluding carboxylic acids is 3. The third kappa shape index (κ3) is 7.41. The van der Waals surface area contributed by atoms with E-state index >= 15 is 0 Å². The maximum Gasteiger partial charge on any atom is 0.414 e. The van der Waals surface area contributed by atoms with Crippen molar-refractivity contribution in [1.29, 1.82) is 0 Å². The second kappa shape index (κ2) is 12.4. The van der Waals surface area contributed by atoms with Gasteiger partial charge in [0.25, 0.3) is 5.91 Å². The average molecular weight is 536 g/mol. The summed E-state index contributed by atoms with van der Waals surface area (Å²) < 4.78 is 5.63. The molecule has 3 aromatic carbocycles. The summed E-state index contributed by atoms with van der Waals surface area (Å²) in [6.07, 6.45) is 1.66. The van der Waals surface area contributed by atoms with Crippen LogP contribution in [-0.4, -0.2) is 34.9 Å². The van der Waals surface area contributed by atoms with Gasteiger partial charge in [0, 0.05) is 47.4 Å². The molecule has 0 radical (unpaired) electrons. The summed E-state index contributed by atoms with van der Waals surface area (Å²) in [5.41, 5.74) is 4.15. The average Bonchev–Trinajstić information content (AvgIpc) is 2.93. The molecule has 0 bridgehead atoms. The highest BCUT2D eigenvalue weighted by atomic mass is 16.6. The molecule has 0 fully saturated rings. The smallest absolute Gasteiger partial charge is 0.414 e. The van der Waals surface area contributed by atoms with Crippen LogP contribution in [0, 0.1) is 0 Å². The summed E-state index contributed by atoms with van der Waals surface area (Å²) in [7, 11) is 0. The van der Waals surface area contributed by atoms with E-state index in [1.165, 1.54) is 6.92 Å². The van der Waals surface area contributed by atoms with Gasteiger partial charge in [-0.25, -0.2) is 4.79 Å². The second-order valence-electron chi connectivity index (χ2n) is 10.4. The molecular weight excluding hydrogens is 502 g/mol. The first-order valence-electron chi connectivity index (χ1n) is 13.1. The van der Waals surface area contributed by atoms with Crippen LogP contribution in [0.25, 0.3) is 11.1 Å². The number of hydrogen-bond donors (Lipinski definition) is 1. The molecule has 4 aromatic rings. The lowest BCUT2D eigenvalue weighted by Crippen LogP contribution is -2.38. The molecule has 1 heterocycles. The zero-order valence-corrected chi connectivity index (χ0v) is 23.2. The lowest BCUT2D eigenvalue weighted by atomic mass is 9.97. The molecule has 4 rings (SSSR count). The van der Waals surface area contributed by atoms with Crippen molar-refractivity contribution in [1.82, 2.24) is 4.98 Å². The zero-order chi connectivity index (χ0) is 28.7. The minimum atomic E-state index is -0.627. The van der Waals surface area contributed by atoms with Gasteiger partial charge in [0.05, 0.1) is 0 Å². The first-order chi connectivity index (χ1) is 19.1. The van der Waals surface area contributed by atoms with Crippen molar-refractivity contribution in [2.45, 2.75) is 39.7 Å². The summed E-state index contributed by atoms with van der Waals surface area (Å²) in [5, 5.41) is 2.97. The third-order valence-corrected chi connectivity index (χ3v) is 6.12. The minimum Gasteiger partial charge on any atom is -0.443 e.